The van der Waals surface area contributed by atoms with Crippen molar-refractivity contribution in [3.8, 4) is 11.5 Å². The Labute approximate surface area is 183 Å². The van der Waals surface area contributed by atoms with Crippen molar-refractivity contribution in [2.24, 2.45) is 0 Å². The molecule has 0 spiro atoms. The zero-order valence-corrected chi connectivity index (χ0v) is 18.3. The van der Waals surface area contributed by atoms with Gasteiger partial charge in [-0.3, -0.25) is 9.69 Å². The number of methoxy groups -OCH3 is 2. The normalized spacial score (nSPS) is 15.4. The van der Waals surface area contributed by atoms with E-state index in [0.29, 0.717) is 37.6 Å². The first-order valence-corrected chi connectivity index (χ1v) is 10.5. The van der Waals surface area contributed by atoms with E-state index >= 15 is 0 Å². The zero-order valence-electron chi connectivity index (χ0n) is 17.5. The van der Waals surface area contributed by atoms with Crippen molar-refractivity contribution in [3.63, 3.8) is 0 Å². The average Bonchev–Trinajstić information content (AvgIpc) is 2.79. The quantitative estimate of drug-likeness (QED) is 0.657. The van der Waals surface area contributed by atoms with Crippen molar-refractivity contribution in [2.45, 2.75) is 18.9 Å². The number of morpholine rings is 1. The van der Waals surface area contributed by atoms with Crippen LogP contribution in [0.5, 0.6) is 11.5 Å². The van der Waals surface area contributed by atoms with Crippen LogP contribution in [0.4, 0.5) is 0 Å². The van der Waals surface area contributed by atoms with Crippen molar-refractivity contribution in [3.05, 3.63) is 58.6 Å². The van der Waals surface area contributed by atoms with E-state index in [4.69, 9.17) is 25.8 Å². The summed E-state index contributed by atoms with van der Waals surface area (Å²) in [6.45, 7) is 3.63. The molecule has 162 valence electrons. The highest BCUT2D eigenvalue weighted by molar-refractivity contribution is 6.30. The molecule has 1 aliphatic heterocycles. The lowest BCUT2D eigenvalue weighted by Crippen LogP contribution is -2.43. The van der Waals surface area contributed by atoms with E-state index in [9.17, 15) is 4.79 Å². The second-order valence-corrected chi connectivity index (χ2v) is 7.68. The summed E-state index contributed by atoms with van der Waals surface area (Å²) in [4.78, 5) is 14.9. The monoisotopic (exact) mass is 432 g/mol. The fourth-order valence-electron chi connectivity index (χ4n) is 3.60. The Morgan fingerprint density at radius 1 is 1.10 bits per heavy atom. The number of carbonyl (C=O) groups excluding carboxylic acids is 1. The summed E-state index contributed by atoms with van der Waals surface area (Å²) >= 11 is 6.05. The van der Waals surface area contributed by atoms with E-state index in [2.05, 4.69) is 10.2 Å². The molecule has 0 radical (unpaired) electrons. The van der Waals surface area contributed by atoms with Gasteiger partial charge in [-0.2, -0.15) is 0 Å². The molecule has 3 rings (SSSR count). The Bertz CT molecular complexity index is 800. The lowest BCUT2D eigenvalue weighted by Gasteiger charge is -2.35. The third kappa shape index (κ3) is 6.36. The van der Waals surface area contributed by atoms with Crippen LogP contribution in [0.25, 0.3) is 0 Å². The molecule has 2 aromatic rings. The predicted octanol–water partition coefficient (Wildman–Crippen LogP) is 3.48. The maximum Gasteiger partial charge on any atom is 0.220 e. The molecular formula is C23H29ClN2O4. The lowest BCUT2D eigenvalue weighted by molar-refractivity contribution is -0.121. The molecule has 0 aromatic heterocycles. The van der Waals surface area contributed by atoms with Gasteiger partial charge in [0.1, 0.15) is 11.5 Å². The van der Waals surface area contributed by atoms with Gasteiger partial charge < -0.3 is 19.5 Å². The maximum absolute atomic E-state index is 12.6. The molecule has 6 nitrogen and oxygen atoms in total. The van der Waals surface area contributed by atoms with Crippen molar-refractivity contribution >= 4 is 17.5 Å². The molecule has 1 heterocycles. The van der Waals surface area contributed by atoms with Gasteiger partial charge in [0.15, 0.2) is 0 Å². The Balaban J connectivity index is 1.59. The number of rotatable bonds is 9. The number of aryl methyl sites for hydroxylation is 1. The predicted molar refractivity (Wildman–Crippen MR) is 117 cm³/mol. The summed E-state index contributed by atoms with van der Waals surface area (Å²) in [6, 6.07) is 13.6. The van der Waals surface area contributed by atoms with Crippen LogP contribution in [0.3, 0.4) is 0 Å². The number of hydrogen-bond acceptors (Lipinski definition) is 5. The number of halogens is 1. The highest BCUT2D eigenvalue weighted by Gasteiger charge is 2.23. The van der Waals surface area contributed by atoms with E-state index in [1.54, 1.807) is 14.2 Å². The Kier molecular flexibility index (Phi) is 8.37. The average molecular weight is 433 g/mol. The third-order valence-electron chi connectivity index (χ3n) is 5.29. The highest BCUT2D eigenvalue weighted by atomic mass is 35.5. The van der Waals surface area contributed by atoms with Gasteiger partial charge >= 0.3 is 0 Å². The van der Waals surface area contributed by atoms with Gasteiger partial charge in [0.2, 0.25) is 5.91 Å². The zero-order chi connectivity index (χ0) is 21.3. The number of nitrogens with one attached hydrogen (secondary N) is 1. The van der Waals surface area contributed by atoms with Crippen LogP contribution in [-0.4, -0.2) is 57.9 Å². The molecule has 1 N–H and O–H groups in total. The molecule has 30 heavy (non-hydrogen) atoms. The first-order chi connectivity index (χ1) is 14.6. The molecule has 1 unspecified atom stereocenters. The molecule has 1 aliphatic rings. The third-order valence-corrected chi connectivity index (χ3v) is 5.54. The lowest BCUT2D eigenvalue weighted by atomic mass is 10.0. The van der Waals surface area contributed by atoms with E-state index in [1.807, 2.05) is 42.5 Å². The number of ether oxygens (including phenoxy) is 3. The molecule has 1 fully saturated rings. The summed E-state index contributed by atoms with van der Waals surface area (Å²) in [5.41, 5.74) is 2.14. The van der Waals surface area contributed by atoms with Gasteiger partial charge in [-0.1, -0.05) is 23.7 Å². The standard InChI is InChI=1S/C23H29ClN2O4/c1-28-20-13-17(14-21(15-20)29-2)3-8-23(27)25-16-22(26-9-11-30-12-10-26)18-4-6-19(24)7-5-18/h4-7,13-15,22H,3,8-12,16H2,1-2H3,(H,25,27). The van der Waals surface area contributed by atoms with Crippen LogP contribution in [0.15, 0.2) is 42.5 Å². The molecule has 7 heteroatoms. The SMILES string of the molecule is COc1cc(CCC(=O)NCC(c2ccc(Cl)cc2)N2CCOCC2)cc(OC)c1. The van der Waals surface area contributed by atoms with E-state index in [1.165, 1.54) is 0 Å². The minimum atomic E-state index is 0.0176. The van der Waals surface area contributed by atoms with Crippen LogP contribution < -0.4 is 14.8 Å². The van der Waals surface area contributed by atoms with Gasteiger partial charge in [-0.15, -0.1) is 0 Å². The Hall–Kier alpha value is -2.28. The minimum Gasteiger partial charge on any atom is -0.497 e. The molecule has 2 aromatic carbocycles. The van der Waals surface area contributed by atoms with E-state index in [0.717, 1.165) is 35.7 Å². The second kappa shape index (κ2) is 11.2. The second-order valence-electron chi connectivity index (χ2n) is 7.24. The first kappa shape index (κ1) is 22.4. The van der Waals surface area contributed by atoms with Crippen LogP contribution in [0.1, 0.15) is 23.6 Å². The van der Waals surface area contributed by atoms with Gasteiger partial charge in [-0.25, -0.2) is 0 Å². The van der Waals surface area contributed by atoms with Crippen LogP contribution >= 0.6 is 11.6 Å². The fraction of sp³-hybridized carbons (Fsp3) is 0.435. The van der Waals surface area contributed by atoms with Crippen LogP contribution in [0, 0.1) is 0 Å². The van der Waals surface area contributed by atoms with E-state index < -0.39 is 0 Å². The number of hydrogen-bond donors (Lipinski definition) is 1. The number of benzene rings is 2. The summed E-state index contributed by atoms with van der Waals surface area (Å²) in [5, 5.41) is 3.81. The largest absolute Gasteiger partial charge is 0.497 e. The van der Waals surface area contributed by atoms with Crippen molar-refractivity contribution in [1.29, 1.82) is 0 Å². The topological polar surface area (TPSA) is 60.0 Å². The van der Waals surface area contributed by atoms with Crippen LogP contribution in [0.2, 0.25) is 5.02 Å². The molecule has 0 bridgehead atoms. The molecule has 1 amide bonds. The van der Waals surface area contributed by atoms with Crippen molar-refractivity contribution < 1.29 is 19.0 Å². The fourth-order valence-corrected chi connectivity index (χ4v) is 3.73. The highest BCUT2D eigenvalue weighted by Crippen LogP contribution is 2.24. The summed E-state index contributed by atoms with van der Waals surface area (Å²) in [6.07, 6.45) is 1.01. The Morgan fingerprint density at radius 3 is 2.33 bits per heavy atom. The number of amides is 1. The molecular weight excluding hydrogens is 404 g/mol. The maximum atomic E-state index is 12.6. The van der Waals surface area contributed by atoms with Crippen molar-refractivity contribution in [2.75, 3.05) is 47.1 Å². The number of nitrogens with zero attached hydrogens (tertiary/aromatic N) is 1. The smallest absolute Gasteiger partial charge is 0.220 e. The summed E-state index contributed by atoms with van der Waals surface area (Å²) < 4.78 is 16.1. The van der Waals surface area contributed by atoms with Gasteiger partial charge in [0, 0.05) is 37.1 Å². The van der Waals surface area contributed by atoms with Gasteiger partial charge in [-0.05, 0) is 41.8 Å². The molecule has 0 saturated carbocycles. The molecule has 1 atom stereocenters. The van der Waals surface area contributed by atoms with Gasteiger partial charge in [0.05, 0.1) is 33.5 Å². The summed E-state index contributed by atoms with van der Waals surface area (Å²) in [5.74, 6) is 1.46. The molecule has 0 aliphatic carbocycles. The first-order valence-electron chi connectivity index (χ1n) is 10.1. The van der Waals surface area contributed by atoms with Crippen molar-refractivity contribution in [1.82, 2.24) is 10.2 Å². The molecule has 1 saturated heterocycles. The van der Waals surface area contributed by atoms with Gasteiger partial charge in [0.25, 0.3) is 0 Å². The minimum absolute atomic E-state index is 0.0176. The van der Waals surface area contributed by atoms with E-state index in [-0.39, 0.29) is 11.9 Å². The number of carbonyl (C=O) groups is 1. The summed E-state index contributed by atoms with van der Waals surface area (Å²) in [7, 11) is 3.24. The Morgan fingerprint density at radius 2 is 1.73 bits per heavy atom. The van der Waals surface area contributed by atoms with Crippen LogP contribution in [-0.2, 0) is 16.0 Å².